The maximum Gasteiger partial charge on any atom is 0.0789 e. The van der Waals surface area contributed by atoms with Crippen LogP contribution in [0.1, 0.15) is 58.3 Å². The van der Waals surface area contributed by atoms with Crippen molar-refractivity contribution in [1.82, 2.24) is 10.2 Å². The largest absolute Gasteiger partial charge is 0.377 e. The van der Waals surface area contributed by atoms with Crippen molar-refractivity contribution in [3.05, 3.63) is 23.8 Å². The third-order valence-corrected chi connectivity index (χ3v) is 5.06. The first kappa shape index (κ1) is 18.7. The van der Waals surface area contributed by atoms with E-state index in [1.807, 2.05) is 0 Å². The molecule has 3 heteroatoms. The molecule has 1 aliphatic carbocycles. The SMILES string of the molecule is CCCCCCNC(CC1=CCC(OC)C=C1)CN1CCCC1. The molecule has 0 aromatic heterocycles. The number of ether oxygens (including phenoxy) is 1. The summed E-state index contributed by atoms with van der Waals surface area (Å²) >= 11 is 0. The van der Waals surface area contributed by atoms with Crippen molar-refractivity contribution in [2.24, 2.45) is 0 Å². The number of nitrogens with one attached hydrogen (secondary N) is 1. The van der Waals surface area contributed by atoms with Crippen LogP contribution in [0.15, 0.2) is 23.8 Å². The van der Waals surface area contributed by atoms with Gasteiger partial charge in [0.1, 0.15) is 0 Å². The normalized spacial score (nSPS) is 23.2. The average molecular weight is 321 g/mol. The third kappa shape index (κ3) is 7.19. The minimum absolute atomic E-state index is 0.276. The minimum Gasteiger partial charge on any atom is -0.377 e. The summed E-state index contributed by atoms with van der Waals surface area (Å²) in [4.78, 5) is 2.63. The molecule has 0 spiro atoms. The van der Waals surface area contributed by atoms with Gasteiger partial charge in [0.25, 0.3) is 0 Å². The number of likely N-dealkylation sites (tertiary alicyclic amines) is 1. The van der Waals surface area contributed by atoms with Crippen LogP contribution in [-0.4, -0.2) is 50.3 Å². The van der Waals surface area contributed by atoms with Gasteiger partial charge in [0.15, 0.2) is 0 Å². The maximum atomic E-state index is 5.40. The van der Waals surface area contributed by atoms with Gasteiger partial charge in [0, 0.05) is 19.7 Å². The topological polar surface area (TPSA) is 24.5 Å². The number of hydrogen-bond donors (Lipinski definition) is 1. The maximum absolute atomic E-state index is 5.40. The molecule has 0 amide bonds. The quantitative estimate of drug-likeness (QED) is 0.584. The number of allylic oxidation sites excluding steroid dienone is 1. The van der Waals surface area contributed by atoms with Gasteiger partial charge in [-0.05, 0) is 51.7 Å². The molecule has 0 aromatic rings. The molecule has 0 bridgehead atoms. The van der Waals surface area contributed by atoms with Crippen LogP contribution in [0.3, 0.4) is 0 Å². The third-order valence-electron chi connectivity index (χ3n) is 5.06. The van der Waals surface area contributed by atoms with E-state index in [2.05, 4.69) is 35.4 Å². The van der Waals surface area contributed by atoms with Crippen LogP contribution in [0, 0.1) is 0 Å². The van der Waals surface area contributed by atoms with Gasteiger partial charge in [-0.15, -0.1) is 0 Å². The van der Waals surface area contributed by atoms with Crippen molar-refractivity contribution in [3.8, 4) is 0 Å². The van der Waals surface area contributed by atoms with Gasteiger partial charge >= 0.3 is 0 Å². The molecule has 0 aromatic carbocycles. The lowest BCUT2D eigenvalue weighted by molar-refractivity contribution is 0.142. The van der Waals surface area contributed by atoms with Gasteiger partial charge < -0.3 is 15.0 Å². The highest BCUT2D eigenvalue weighted by molar-refractivity contribution is 5.25. The molecule has 2 unspecified atom stereocenters. The monoisotopic (exact) mass is 320 g/mol. The number of rotatable bonds is 11. The van der Waals surface area contributed by atoms with E-state index in [4.69, 9.17) is 4.74 Å². The molecule has 1 aliphatic heterocycles. The van der Waals surface area contributed by atoms with Gasteiger partial charge in [0.2, 0.25) is 0 Å². The van der Waals surface area contributed by atoms with Crippen LogP contribution in [-0.2, 0) is 4.74 Å². The number of nitrogens with zero attached hydrogens (tertiary/aromatic N) is 1. The molecule has 2 atom stereocenters. The van der Waals surface area contributed by atoms with E-state index in [1.54, 1.807) is 7.11 Å². The summed E-state index contributed by atoms with van der Waals surface area (Å²) in [6.07, 6.45) is 17.4. The molecule has 2 aliphatic rings. The Bertz CT molecular complexity index is 372. The van der Waals surface area contributed by atoms with E-state index in [0.29, 0.717) is 6.04 Å². The Kier molecular flexibility index (Phi) is 8.95. The lowest BCUT2D eigenvalue weighted by atomic mass is 9.98. The van der Waals surface area contributed by atoms with E-state index < -0.39 is 0 Å². The first-order valence-corrected chi connectivity index (χ1v) is 9.67. The highest BCUT2D eigenvalue weighted by Gasteiger charge is 2.18. The zero-order chi connectivity index (χ0) is 16.3. The number of unbranched alkanes of at least 4 members (excludes halogenated alkanes) is 3. The van der Waals surface area contributed by atoms with E-state index in [0.717, 1.165) is 19.4 Å². The van der Waals surface area contributed by atoms with Crippen molar-refractivity contribution in [2.75, 3.05) is 33.3 Å². The van der Waals surface area contributed by atoms with Crippen molar-refractivity contribution in [1.29, 1.82) is 0 Å². The molecule has 23 heavy (non-hydrogen) atoms. The van der Waals surface area contributed by atoms with Crippen LogP contribution < -0.4 is 5.32 Å². The fourth-order valence-corrected chi connectivity index (χ4v) is 3.59. The second kappa shape index (κ2) is 11.0. The van der Waals surface area contributed by atoms with Crippen molar-refractivity contribution in [2.45, 2.75) is 70.4 Å². The van der Waals surface area contributed by atoms with E-state index in [1.165, 1.54) is 63.7 Å². The molecular formula is C20H36N2O. The Morgan fingerprint density at radius 3 is 2.74 bits per heavy atom. The summed E-state index contributed by atoms with van der Waals surface area (Å²) in [5, 5.41) is 3.83. The molecule has 0 saturated carbocycles. The van der Waals surface area contributed by atoms with E-state index >= 15 is 0 Å². The van der Waals surface area contributed by atoms with Crippen molar-refractivity contribution < 1.29 is 4.74 Å². The minimum atomic E-state index is 0.276. The Morgan fingerprint density at radius 1 is 1.26 bits per heavy atom. The van der Waals surface area contributed by atoms with Crippen LogP contribution in [0.4, 0.5) is 0 Å². The zero-order valence-electron chi connectivity index (χ0n) is 15.2. The predicted molar refractivity (Wildman–Crippen MR) is 98.9 cm³/mol. The molecule has 2 rings (SSSR count). The molecule has 132 valence electrons. The van der Waals surface area contributed by atoms with Gasteiger partial charge in [0.05, 0.1) is 6.10 Å². The van der Waals surface area contributed by atoms with Gasteiger partial charge in [-0.25, -0.2) is 0 Å². The molecule has 1 N–H and O–H groups in total. The standard InChI is InChI=1S/C20H36N2O/c1-3-4-5-6-13-21-19(17-22-14-7-8-15-22)16-18-9-11-20(23-2)12-10-18/h9-11,19-21H,3-8,12-17H2,1-2H3. The van der Waals surface area contributed by atoms with E-state index in [-0.39, 0.29) is 6.10 Å². The van der Waals surface area contributed by atoms with Crippen LogP contribution in [0.25, 0.3) is 0 Å². The van der Waals surface area contributed by atoms with Crippen LogP contribution in [0.5, 0.6) is 0 Å². The van der Waals surface area contributed by atoms with Gasteiger partial charge in [-0.1, -0.05) is 50.0 Å². The summed E-state index contributed by atoms with van der Waals surface area (Å²) in [6, 6.07) is 0.588. The fourth-order valence-electron chi connectivity index (χ4n) is 3.59. The van der Waals surface area contributed by atoms with Crippen molar-refractivity contribution in [3.63, 3.8) is 0 Å². The molecule has 1 fully saturated rings. The Balaban J connectivity index is 1.77. The van der Waals surface area contributed by atoms with Gasteiger partial charge in [-0.2, -0.15) is 0 Å². The summed E-state index contributed by atoms with van der Waals surface area (Å²) < 4.78 is 5.40. The number of methoxy groups -OCH3 is 1. The highest BCUT2D eigenvalue weighted by Crippen LogP contribution is 2.18. The molecule has 1 saturated heterocycles. The lowest BCUT2D eigenvalue weighted by Crippen LogP contribution is -2.40. The van der Waals surface area contributed by atoms with Crippen molar-refractivity contribution >= 4 is 0 Å². The summed E-state index contributed by atoms with van der Waals surface area (Å²) in [5.74, 6) is 0. The second-order valence-corrected chi connectivity index (χ2v) is 7.07. The van der Waals surface area contributed by atoms with Crippen LogP contribution >= 0.6 is 0 Å². The molecule has 1 heterocycles. The van der Waals surface area contributed by atoms with E-state index in [9.17, 15) is 0 Å². The van der Waals surface area contributed by atoms with Gasteiger partial charge in [-0.3, -0.25) is 0 Å². The highest BCUT2D eigenvalue weighted by atomic mass is 16.5. The Labute approximate surface area is 143 Å². The molecular weight excluding hydrogens is 284 g/mol. The Morgan fingerprint density at radius 2 is 2.09 bits per heavy atom. The van der Waals surface area contributed by atoms with Crippen LogP contribution in [0.2, 0.25) is 0 Å². The lowest BCUT2D eigenvalue weighted by Gasteiger charge is -2.26. The summed E-state index contributed by atoms with van der Waals surface area (Å²) in [7, 11) is 1.79. The smallest absolute Gasteiger partial charge is 0.0789 e. The predicted octanol–water partition coefficient (Wildman–Crippen LogP) is 3.91. The number of hydrogen-bond acceptors (Lipinski definition) is 3. The first-order valence-electron chi connectivity index (χ1n) is 9.67. The summed E-state index contributed by atoms with van der Waals surface area (Å²) in [6.45, 7) is 7.21. The molecule has 0 radical (unpaired) electrons. The fraction of sp³-hybridized carbons (Fsp3) is 0.800. The first-order chi connectivity index (χ1) is 11.3. The average Bonchev–Trinajstić information content (AvgIpc) is 3.08. The second-order valence-electron chi connectivity index (χ2n) is 7.07. The summed E-state index contributed by atoms with van der Waals surface area (Å²) in [5.41, 5.74) is 1.48. The Hall–Kier alpha value is -0.640. The zero-order valence-corrected chi connectivity index (χ0v) is 15.2. The molecule has 3 nitrogen and oxygen atoms in total.